The van der Waals surface area contributed by atoms with Gasteiger partial charge in [-0.2, -0.15) is 0 Å². The number of guanidine groups is 1. The number of alkyl carbamates (subject to hydrolysis) is 1. The van der Waals surface area contributed by atoms with Crippen molar-refractivity contribution in [2.24, 2.45) is 33.9 Å². The number of hydrogen-bond donors (Lipinski definition) is 4. The zero-order valence-corrected chi connectivity index (χ0v) is 25.1. The van der Waals surface area contributed by atoms with Crippen LogP contribution in [0.1, 0.15) is 87.5 Å². The summed E-state index contributed by atoms with van der Waals surface area (Å²) in [4.78, 5) is 40.6. The van der Waals surface area contributed by atoms with Crippen LogP contribution in [0.4, 0.5) is 4.79 Å². The molecule has 0 aromatic carbocycles. The van der Waals surface area contributed by atoms with Crippen molar-refractivity contribution < 1.29 is 28.7 Å². The van der Waals surface area contributed by atoms with Gasteiger partial charge >= 0.3 is 13.2 Å². The van der Waals surface area contributed by atoms with Crippen molar-refractivity contribution in [3.63, 3.8) is 0 Å². The highest BCUT2D eigenvalue weighted by Crippen LogP contribution is 2.65. The van der Waals surface area contributed by atoms with Gasteiger partial charge in [0.05, 0.1) is 17.6 Å². The van der Waals surface area contributed by atoms with Gasteiger partial charge in [0, 0.05) is 6.54 Å². The summed E-state index contributed by atoms with van der Waals surface area (Å²) < 4.78 is 18.5. The van der Waals surface area contributed by atoms with Gasteiger partial charge in [0.25, 0.3) is 5.96 Å². The summed E-state index contributed by atoms with van der Waals surface area (Å²) in [6.07, 6.45) is 2.49. The highest BCUT2D eigenvalue weighted by atomic mass is 16.7. The molecule has 0 radical (unpaired) electrons. The molecule has 5 N–H and O–H groups in total. The standard InChI is InChI=1S/C26H47BN6O7/c1-15(2)12-20(27-39-19-14-16-13-18(25(16,6)7)26(19,8)40-27)31-21(34)17(30-23(35)38-24(3,4)5)10-9-11-29-22(28)32-33(36)37/h15-20H,9-14H2,1-8H3,(H,30,35)(H,31,34)(H3,28,29,32)/t16-,17+,18-,19-,20+,26+/m1/s1. The molecule has 226 valence electrons. The second-order valence-corrected chi connectivity index (χ2v) is 13.6. The van der Waals surface area contributed by atoms with Crippen LogP contribution in [0.2, 0.25) is 0 Å². The Morgan fingerprint density at radius 3 is 2.48 bits per heavy atom. The molecule has 13 nitrogen and oxygen atoms in total. The molecule has 40 heavy (non-hydrogen) atoms. The number of nitrogens with zero attached hydrogens (tertiary/aromatic N) is 2. The Kier molecular flexibility index (Phi) is 9.65. The van der Waals surface area contributed by atoms with Crippen LogP contribution in [0, 0.1) is 33.3 Å². The van der Waals surface area contributed by atoms with Crippen molar-refractivity contribution in [3.05, 3.63) is 10.1 Å². The topological polar surface area (TPSA) is 179 Å². The number of nitro groups is 1. The first-order chi connectivity index (χ1) is 18.4. The third-order valence-corrected chi connectivity index (χ3v) is 8.50. The van der Waals surface area contributed by atoms with Gasteiger partial charge in [-0.3, -0.25) is 4.79 Å². The van der Waals surface area contributed by atoms with Gasteiger partial charge in [-0.05, 0) is 83.0 Å². The zero-order chi connectivity index (χ0) is 30.0. The molecule has 0 unspecified atom stereocenters. The van der Waals surface area contributed by atoms with Gasteiger partial charge in [0.1, 0.15) is 11.6 Å². The molecule has 0 aromatic rings. The lowest BCUT2D eigenvalue weighted by atomic mass is 9.43. The second-order valence-electron chi connectivity index (χ2n) is 13.6. The highest BCUT2D eigenvalue weighted by molar-refractivity contribution is 6.47. The number of carbonyl (C=O) groups is 2. The maximum Gasteiger partial charge on any atom is 0.481 e. The second kappa shape index (κ2) is 12.1. The average Bonchev–Trinajstić information content (AvgIpc) is 3.15. The van der Waals surface area contributed by atoms with Gasteiger partial charge in [-0.25, -0.2) is 19.9 Å². The van der Waals surface area contributed by atoms with E-state index < -0.39 is 47.3 Å². The molecule has 2 amide bonds. The number of carbonyl (C=O) groups excluding carboxylic acids is 2. The minimum atomic E-state index is -0.935. The lowest BCUT2D eigenvalue weighted by molar-refractivity contribution is -0.525. The third kappa shape index (κ3) is 7.57. The van der Waals surface area contributed by atoms with Gasteiger partial charge < -0.3 is 30.4 Å². The third-order valence-electron chi connectivity index (χ3n) is 8.50. The quantitative estimate of drug-likeness (QED) is 0.0730. The Balaban J connectivity index is 1.70. The van der Waals surface area contributed by atoms with Gasteiger partial charge in [0.15, 0.2) is 5.03 Å². The fraction of sp³-hybridized carbons (Fsp3) is 0.885. The van der Waals surface area contributed by atoms with Crippen LogP contribution >= 0.6 is 0 Å². The minimum Gasteiger partial charge on any atom is -0.444 e. The zero-order valence-electron chi connectivity index (χ0n) is 25.1. The van der Waals surface area contributed by atoms with Crippen LogP contribution in [-0.2, 0) is 18.8 Å². The maximum absolute atomic E-state index is 13.6. The molecule has 3 aliphatic carbocycles. The molecule has 6 atom stereocenters. The first-order valence-electron chi connectivity index (χ1n) is 14.3. The minimum absolute atomic E-state index is 0.0207. The predicted molar refractivity (Wildman–Crippen MR) is 151 cm³/mol. The molecule has 4 rings (SSSR count). The van der Waals surface area contributed by atoms with E-state index in [1.165, 1.54) is 0 Å². The molecule has 1 heterocycles. The summed E-state index contributed by atoms with van der Waals surface area (Å²) in [7, 11) is -0.601. The molecule has 4 aliphatic rings. The number of hydrogen-bond acceptors (Lipinski definition) is 8. The summed E-state index contributed by atoms with van der Waals surface area (Å²) in [6.45, 7) is 16.2. The maximum atomic E-state index is 13.6. The Hall–Kier alpha value is -2.61. The van der Waals surface area contributed by atoms with E-state index in [1.807, 2.05) is 0 Å². The molecular weight excluding hydrogens is 519 g/mol. The van der Waals surface area contributed by atoms with Gasteiger partial charge in [-0.1, -0.05) is 33.1 Å². The van der Waals surface area contributed by atoms with Crippen LogP contribution in [0.25, 0.3) is 0 Å². The van der Waals surface area contributed by atoms with E-state index in [-0.39, 0.29) is 36.4 Å². The van der Waals surface area contributed by atoms with E-state index in [0.29, 0.717) is 24.7 Å². The number of rotatable bonds is 11. The molecular formula is C26H47BN6O7. The predicted octanol–water partition coefficient (Wildman–Crippen LogP) is 2.55. The molecule has 0 aromatic heterocycles. The highest BCUT2D eigenvalue weighted by Gasteiger charge is 2.68. The number of nitrogens with two attached hydrogens (primary N) is 1. The number of nitrogens with one attached hydrogen (secondary N) is 3. The Morgan fingerprint density at radius 2 is 1.90 bits per heavy atom. The first kappa shape index (κ1) is 31.9. The normalized spacial score (nSPS) is 28.7. The Morgan fingerprint density at radius 1 is 1.23 bits per heavy atom. The fourth-order valence-corrected chi connectivity index (χ4v) is 6.44. The van der Waals surface area contributed by atoms with Crippen molar-refractivity contribution >= 4 is 25.1 Å². The molecule has 4 fully saturated rings. The summed E-state index contributed by atoms with van der Waals surface area (Å²) >= 11 is 0. The van der Waals surface area contributed by atoms with Crippen molar-refractivity contribution in [1.29, 1.82) is 0 Å². The van der Waals surface area contributed by atoms with Gasteiger partial charge in [-0.15, -0.1) is 0 Å². The largest absolute Gasteiger partial charge is 0.481 e. The van der Waals surface area contributed by atoms with Crippen molar-refractivity contribution in [2.45, 2.75) is 117 Å². The van der Waals surface area contributed by atoms with E-state index in [1.54, 1.807) is 26.2 Å². The van der Waals surface area contributed by atoms with Crippen molar-refractivity contribution in [3.8, 4) is 0 Å². The van der Waals surface area contributed by atoms with Crippen LogP contribution in [0.3, 0.4) is 0 Å². The van der Waals surface area contributed by atoms with E-state index in [0.717, 1.165) is 12.8 Å². The summed E-state index contributed by atoms with van der Waals surface area (Å²) in [6, 6.07) is -0.935. The molecule has 1 saturated heterocycles. The SMILES string of the molecule is CC(C)C[C@H](NC(=O)[C@H](CCCN=C(N)N[N+](=O)[O-])NC(=O)OC(C)(C)C)B1O[C@@H]2C[C@H]3C[C@H](C3(C)C)[C@]2(C)O1. The van der Waals surface area contributed by atoms with Crippen molar-refractivity contribution in [2.75, 3.05) is 6.54 Å². The van der Waals surface area contributed by atoms with E-state index in [4.69, 9.17) is 19.8 Å². The Labute approximate surface area is 237 Å². The lowest BCUT2D eigenvalue weighted by Crippen LogP contribution is -2.65. The van der Waals surface area contributed by atoms with E-state index >= 15 is 0 Å². The number of hydrazine groups is 1. The van der Waals surface area contributed by atoms with Gasteiger partial charge in [0.2, 0.25) is 5.91 Å². The summed E-state index contributed by atoms with van der Waals surface area (Å²) in [5, 5.41) is 15.5. The molecule has 1 aliphatic heterocycles. The molecule has 14 heteroatoms. The van der Waals surface area contributed by atoms with Crippen LogP contribution in [-0.4, -0.2) is 65.9 Å². The lowest BCUT2D eigenvalue weighted by Gasteiger charge is -2.64. The molecule has 2 bridgehead atoms. The molecule has 3 saturated carbocycles. The van der Waals surface area contributed by atoms with Crippen LogP contribution in [0.5, 0.6) is 0 Å². The average molecular weight is 567 g/mol. The molecule has 0 spiro atoms. The van der Waals surface area contributed by atoms with Crippen molar-refractivity contribution in [1.82, 2.24) is 16.1 Å². The fourth-order valence-electron chi connectivity index (χ4n) is 6.44. The van der Waals surface area contributed by atoms with E-state index in [9.17, 15) is 19.7 Å². The van der Waals surface area contributed by atoms with Crippen LogP contribution < -0.4 is 21.8 Å². The monoisotopic (exact) mass is 566 g/mol. The summed E-state index contributed by atoms with van der Waals surface area (Å²) in [5.41, 5.74) is 6.29. The number of ether oxygens (including phenoxy) is 1. The van der Waals surface area contributed by atoms with E-state index in [2.05, 4.69) is 50.2 Å². The number of aliphatic imine (C=N–C) groups is 1. The first-order valence-corrected chi connectivity index (χ1v) is 14.3. The Bertz CT molecular complexity index is 987. The number of amides is 2. The van der Waals surface area contributed by atoms with Crippen LogP contribution in [0.15, 0.2) is 4.99 Å². The smallest absolute Gasteiger partial charge is 0.444 e. The summed E-state index contributed by atoms with van der Waals surface area (Å²) in [5.74, 6) is 0.0977.